The van der Waals surface area contributed by atoms with Crippen molar-refractivity contribution in [1.29, 1.82) is 0 Å². The number of hydrogen-bond acceptors (Lipinski definition) is 1. The summed E-state index contributed by atoms with van der Waals surface area (Å²) in [6.07, 6.45) is 0. The van der Waals surface area contributed by atoms with Crippen molar-refractivity contribution in [2.24, 2.45) is 0 Å². The third-order valence-corrected chi connectivity index (χ3v) is 12.8. The predicted molar refractivity (Wildman–Crippen MR) is 272 cm³/mol. The van der Waals surface area contributed by atoms with Crippen LogP contribution in [-0.2, 0) is 0 Å². The van der Waals surface area contributed by atoms with Gasteiger partial charge in [0.1, 0.15) is 0 Å². The molecule has 0 N–H and O–H groups in total. The molecule has 0 atom stereocenters. The highest BCUT2D eigenvalue weighted by Gasteiger charge is 2.19. The Hall–Kier alpha value is -8.46. The standard InChI is InChI=1S/C62H42N2/c1-2-14-43(15-3-1)50-34-39-57(62(42-50)64-60-26-10-8-23-58(60)59-24-9-11-27-61(59)64)47-32-37-53(38-33-47)63(52-35-30-45(31-36-52)49-29-28-44-16-4-5-18-48(44)40-49)54-21-12-20-51(41-54)56-25-13-19-46-17-6-7-22-55(46)56/h1-42H. The molecule has 0 aliphatic carbocycles. The topological polar surface area (TPSA) is 8.17 Å². The maximum Gasteiger partial charge on any atom is 0.0546 e. The van der Waals surface area contributed by atoms with Crippen LogP contribution >= 0.6 is 0 Å². The zero-order valence-electron chi connectivity index (χ0n) is 35.1. The van der Waals surface area contributed by atoms with Crippen LogP contribution in [0.5, 0.6) is 0 Å². The number of benzene rings is 11. The van der Waals surface area contributed by atoms with Gasteiger partial charge in [-0.1, -0.05) is 194 Å². The van der Waals surface area contributed by atoms with Crippen LogP contribution in [0, 0.1) is 0 Å². The summed E-state index contributed by atoms with van der Waals surface area (Å²) < 4.78 is 2.45. The van der Waals surface area contributed by atoms with E-state index < -0.39 is 0 Å². The lowest BCUT2D eigenvalue weighted by Crippen LogP contribution is -2.10. The van der Waals surface area contributed by atoms with E-state index in [9.17, 15) is 0 Å². The third kappa shape index (κ3) is 6.61. The number of rotatable bonds is 8. The Morgan fingerprint density at radius 2 is 0.766 bits per heavy atom. The number of anilines is 3. The first kappa shape index (κ1) is 37.3. The zero-order valence-corrected chi connectivity index (χ0v) is 35.1. The van der Waals surface area contributed by atoms with E-state index in [1.54, 1.807) is 0 Å². The van der Waals surface area contributed by atoms with Gasteiger partial charge in [0, 0.05) is 33.4 Å². The van der Waals surface area contributed by atoms with Gasteiger partial charge in [0.15, 0.2) is 0 Å². The second kappa shape index (κ2) is 15.8. The van der Waals surface area contributed by atoms with E-state index in [1.165, 1.54) is 82.3 Å². The average Bonchev–Trinajstić information content (AvgIpc) is 3.71. The smallest absolute Gasteiger partial charge is 0.0546 e. The Balaban J connectivity index is 0.997. The Kier molecular flexibility index (Phi) is 9.20. The number of aromatic nitrogens is 1. The van der Waals surface area contributed by atoms with Crippen molar-refractivity contribution in [2.75, 3.05) is 4.90 Å². The summed E-state index contributed by atoms with van der Waals surface area (Å²) in [6, 6.07) is 92.8. The van der Waals surface area contributed by atoms with Crippen molar-refractivity contribution in [3.05, 3.63) is 255 Å². The molecular formula is C62H42N2. The first-order chi connectivity index (χ1) is 31.7. The second-order valence-electron chi connectivity index (χ2n) is 16.5. The maximum absolute atomic E-state index is 2.45. The molecule has 0 bridgehead atoms. The van der Waals surface area contributed by atoms with Gasteiger partial charge in [-0.15, -0.1) is 0 Å². The van der Waals surface area contributed by atoms with E-state index in [0.717, 1.165) is 28.3 Å². The molecule has 11 aromatic carbocycles. The third-order valence-electron chi connectivity index (χ3n) is 12.8. The molecule has 0 amide bonds. The molecule has 0 saturated carbocycles. The number of hydrogen-bond donors (Lipinski definition) is 0. The molecular weight excluding hydrogens is 773 g/mol. The van der Waals surface area contributed by atoms with Gasteiger partial charge in [0.2, 0.25) is 0 Å². The van der Waals surface area contributed by atoms with Gasteiger partial charge < -0.3 is 9.47 Å². The molecule has 12 rings (SSSR count). The van der Waals surface area contributed by atoms with E-state index in [-0.39, 0.29) is 0 Å². The van der Waals surface area contributed by atoms with Gasteiger partial charge in [-0.3, -0.25) is 0 Å². The first-order valence-electron chi connectivity index (χ1n) is 22.0. The molecule has 2 heteroatoms. The summed E-state index contributed by atoms with van der Waals surface area (Å²) in [5.41, 5.74) is 16.3. The summed E-state index contributed by atoms with van der Waals surface area (Å²) in [7, 11) is 0. The van der Waals surface area contributed by atoms with Crippen molar-refractivity contribution < 1.29 is 0 Å². The molecule has 0 unspecified atom stereocenters. The lowest BCUT2D eigenvalue weighted by Gasteiger charge is -2.27. The zero-order chi connectivity index (χ0) is 42.4. The molecule has 0 radical (unpaired) electrons. The molecule has 1 aromatic heterocycles. The maximum atomic E-state index is 2.45. The molecule has 0 saturated heterocycles. The Bertz CT molecular complexity index is 3600. The van der Waals surface area contributed by atoms with E-state index in [2.05, 4.69) is 264 Å². The minimum atomic E-state index is 1.08. The van der Waals surface area contributed by atoms with Crippen LogP contribution in [0.1, 0.15) is 0 Å². The van der Waals surface area contributed by atoms with Crippen molar-refractivity contribution in [2.45, 2.75) is 0 Å². The Morgan fingerprint density at radius 3 is 1.50 bits per heavy atom. The molecule has 300 valence electrons. The first-order valence-corrected chi connectivity index (χ1v) is 22.0. The SMILES string of the molecule is c1ccc(-c2ccc(-c3ccc(N(c4ccc(-c5ccc6ccccc6c5)cc4)c4cccc(-c5cccc6ccccc56)c4)cc3)c(-n3c4ccccc4c4ccccc43)c2)cc1. The molecule has 0 aliphatic rings. The fraction of sp³-hybridized carbons (Fsp3) is 0. The van der Waals surface area contributed by atoms with Crippen LogP contribution in [0.2, 0.25) is 0 Å². The minimum Gasteiger partial charge on any atom is -0.310 e. The summed E-state index contributed by atoms with van der Waals surface area (Å²) in [4.78, 5) is 2.38. The fourth-order valence-electron chi connectivity index (χ4n) is 9.65. The highest BCUT2D eigenvalue weighted by molar-refractivity contribution is 6.10. The van der Waals surface area contributed by atoms with Crippen LogP contribution in [0.15, 0.2) is 255 Å². The Labute approximate surface area is 373 Å². The number of para-hydroxylation sites is 2. The highest BCUT2D eigenvalue weighted by Crippen LogP contribution is 2.42. The predicted octanol–water partition coefficient (Wildman–Crippen LogP) is 17.2. The fourth-order valence-corrected chi connectivity index (χ4v) is 9.65. The summed E-state index contributed by atoms with van der Waals surface area (Å²) in [5.74, 6) is 0. The van der Waals surface area contributed by atoms with Crippen molar-refractivity contribution in [3.63, 3.8) is 0 Å². The van der Waals surface area contributed by atoms with Gasteiger partial charge in [-0.2, -0.15) is 0 Å². The second-order valence-corrected chi connectivity index (χ2v) is 16.5. The van der Waals surface area contributed by atoms with Gasteiger partial charge in [-0.05, 0) is 121 Å². The largest absolute Gasteiger partial charge is 0.310 e. The van der Waals surface area contributed by atoms with Crippen molar-refractivity contribution >= 4 is 60.4 Å². The van der Waals surface area contributed by atoms with Crippen LogP contribution in [-0.4, -0.2) is 4.57 Å². The molecule has 0 aliphatic heterocycles. The van der Waals surface area contributed by atoms with Gasteiger partial charge >= 0.3 is 0 Å². The quantitative estimate of drug-likeness (QED) is 0.148. The number of nitrogens with zero attached hydrogens (tertiary/aromatic N) is 2. The lowest BCUT2D eigenvalue weighted by atomic mass is 9.97. The normalized spacial score (nSPS) is 11.4. The van der Waals surface area contributed by atoms with Gasteiger partial charge in [0.05, 0.1) is 16.7 Å². The Morgan fingerprint density at radius 1 is 0.250 bits per heavy atom. The highest BCUT2D eigenvalue weighted by atomic mass is 15.1. The van der Waals surface area contributed by atoms with Gasteiger partial charge in [-0.25, -0.2) is 0 Å². The lowest BCUT2D eigenvalue weighted by molar-refractivity contribution is 1.18. The van der Waals surface area contributed by atoms with Crippen molar-refractivity contribution in [1.82, 2.24) is 4.57 Å². The molecule has 2 nitrogen and oxygen atoms in total. The van der Waals surface area contributed by atoms with Crippen LogP contribution in [0.3, 0.4) is 0 Å². The van der Waals surface area contributed by atoms with Gasteiger partial charge in [0.25, 0.3) is 0 Å². The van der Waals surface area contributed by atoms with E-state index >= 15 is 0 Å². The van der Waals surface area contributed by atoms with Crippen LogP contribution < -0.4 is 4.90 Å². The average molecular weight is 815 g/mol. The molecule has 0 fully saturated rings. The summed E-state index contributed by atoms with van der Waals surface area (Å²) in [5, 5.41) is 7.47. The van der Waals surface area contributed by atoms with E-state index in [0.29, 0.717) is 0 Å². The monoisotopic (exact) mass is 814 g/mol. The molecule has 1 heterocycles. The summed E-state index contributed by atoms with van der Waals surface area (Å²) in [6.45, 7) is 0. The summed E-state index contributed by atoms with van der Waals surface area (Å²) >= 11 is 0. The van der Waals surface area contributed by atoms with E-state index in [4.69, 9.17) is 0 Å². The van der Waals surface area contributed by atoms with E-state index in [1.807, 2.05) is 0 Å². The number of fused-ring (bicyclic) bond motifs is 5. The minimum absolute atomic E-state index is 1.08. The molecule has 64 heavy (non-hydrogen) atoms. The van der Waals surface area contributed by atoms with Crippen LogP contribution in [0.4, 0.5) is 17.1 Å². The molecule has 12 aromatic rings. The van der Waals surface area contributed by atoms with Crippen molar-refractivity contribution in [3.8, 4) is 50.2 Å². The molecule has 0 spiro atoms. The van der Waals surface area contributed by atoms with Crippen LogP contribution in [0.25, 0.3) is 93.5 Å².